The summed E-state index contributed by atoms with van der Waals surface area (Å²) in [6.07, 6.45) is 5.13. The van der Waals surface area contributed by atoms with Crippen LogP contribution in [0, 0.1) is 6.92 Å². The van der Waals surface area contributed by atoms with Crippen molar-refractivity contribution in [3.63, 3.8) is 0 Å². The number of benzene rings is 1. The number of rotatable bonds is 5. The molecule has 0 fully saturated rings. The first kappa shape index (κ1) is 14.1. The second kappa shape index (κ2) is 6.22. The van der Waals surface area contributed by atoms with Gasteiger partial charge < -0.3 is 5.32 Å². The predicted octanol–water partition coefficient (Wildman–Crippen LogP) is 3.56. The van der Waals surface area contributed by atoms with Gasteiger partial charge in [-0.25, -0.2) is 0 Å². The number of hydrogen-bond acceptors (Lipinski definition) is 2. The summed E-state index contributed by atoms with van der Waals surface area (Å²) in [6, 6.07) is 6.17. The van der Waals surface area contributed by atoms with Gasteiger partial charge in [-0.1, -0.05) is 24.6 Å². The van der Waals surface area contributed by atoms with Crippen molar-refractivity contribution in [1.29, 1.82) is 0 Å². The first-order valence-electron chi connectivity index (χ1n) is 6.61. The summed E-state index contributed by atoms with van der Waals surface area (Å²) < 4.78 is 1.99. The van der Waals surface area contributed by atoms with Crippen LogP contribution in [0.2, 0.25) is 5.02 Å². The van der Waals surface area contributed by atoms with Crippen molar-refractivity contribution >= 4 is 11.6 Å². The Morgan fingerprint density at radius 3 is 2.84 bits per heavy atom. The molecule has 0 bridgehead atoms. The van der Waals surface area contributed by atoms with Crippen molar-refractivity contribution in [1.82, 2.24) is 15.1 Å². The highest BCUT2D eigenvalue weighted by Crippen LogP contribution is 2.26. The lowest BCUT2D eigenvalue weighted by atomic mass is 9.97. The minimum Gasteiger partial charge on any atom is -0.309 e. The number of aromatic nitrogens is 2. The Labute approximate surface area is 119 Å². The van der Waals surface area contributed by atoms with E-state index in [-0.39, 0.29) is 6.04 Å². The molecular weight excluding hydrogens is 258 g/mol. The molecule has 0 spiro atoms. The highest BCUT2D eigenvalue weighted by atomic mass is 35.5. The SMILES string of the molecule is CCCn1cc(C(NC)c2ccc(Cl)cc2C)cn1. The Hall–Kier alpha value is -1.32. The molecule has 0 radical (unpaired) electrons. The second-order valence-electron chi connectivity index (χ2n) is 4.76. The molecule has 0 saturated heterocycles. The van der Waals surface area contributed by atoms with Gasteiger partial charge in [-0.05, 0) is 43.7 Å². The molecule has 0 saturated carbocycles. The van der Waals surface area contributed by atoms with E-state index < -0.39 is 0 Å². The van der Waals surface area contributed by atoms with Gasteiger partial charge >= 0.3 is 0 Å². The fraction of sp³-hybridized carbons (Fsp3) is 0.400. The number of nitrogens with one attached hydrogen (secondary N) is 1. The molecule has 19 heavy (non-hydrogen) atoms. The summed E-state index contributed by atoms with van der Waals surface area (Å²) in [4.78, 5) is 0. The molecule has 1 aromatic carbocycles. The average Bonchev–Trinajstić information content (AvgIpc) is 2.82. The molecule has 4 heteroatoms. The number of nitrogens with zero attached hydrogens (tertiary/aromatic N) is 2. The minimum absolute atomic E-state index is 0.155. The monoisotopic (exact) mass is 277 g/mol. The van der Waals surface area contributed by atoms with Crippen LogP contribution in [0.25, 0.3) is 0 Å². The third-order valence-corrected chi connectivity index (χ3v) is 3.51. The zero-order valence-electron chi connectivity index (χ0n) is 11.7. The van der Waals surface area contributed by atoms with Crippen molar-refractivity contribution in [2.24, 2.45) is 0 Å². The van der Waals surface area contributed by atoms with Crippen LogP contribution in [0.5, 0.6) is 0 Å². The predicted molar refractivity (Wildman–Crippen MR) is 79.6 cm³/mol. The van der Waals surface area contributed by atoms with E-state index in [4.69, 9.17) is 11.6 Å². The molecule has 0 aliphatic rings. The fourth-order valence-electron chi connectivity index (χ4n) is 2.34. The lowest BCUT2D eigenvalue weighted by molar-refractivity contribution is 0.600. The minimum atomic E-state index is 0.155. The van der Waals surface area contributed by atoms with Crippen LogP contribution in [0.3, 0.4) is 0 Å². The third-order valence-electron chi connectivity index (χ3n) is 3.27. The lowest BCUT2D eigenvalue weighted by Crippen LogP contribution is -2.18. The third kappa shape index (κ3) is 3.17. The van der Waals surface area contributed by atoms with Gasteiger partial charge in [0.25, 0.3) is 0 Å². The van der Waals surface area contributed by atoms with Crippen LogP contribution in [0.1, 0.15) is 36.1 Å². The molecule has 3 nitrogen and oxygen atoms in total. The number of halogens is 1. The maximum Gasteiger partial charge on any atom is 0.0608 e. The topological polar surface area (TPSA) is 29.9 Å². The molecule has 1 atom stereocenters. The van der Waals surface area contributed by atoms with Crippen molar-refractivity contribution < 1.29 is 0 Å². The Morgan fingerprint density at radius 2 is 2.21 bits per heavy atom. The zero-order chi connectivity index (χ0) is 13.8. The molecule has 2 aromatic rings. The van der Waals surface area contributed by atoms with Crippen molar-refractivity contribution in [2.75, 3.05) is 7.05 Å². The van der Waals surface area contributed by atoms with Crippen LogP contribution in [0.15, 0.2) is 30.6 Å². The normalized spacial score (nSPS) is 12.6. The van der Waals surface area contributed by atoms with Crippen LogP contribution >= 0.6 is 11.6 Å². The standard InChI is InChI=1S/C15H20ClN3/c1-4-7-19-10-12(9-18-19)15(17-3)14-6-5-13(16)8-11(14)2/h5-6,8-10,15,17H,4,7H2,1-3H3. The van der Waals surface area contributed by atoms with Gasteiger partial charge in [0.15, 0.2) is 0 Å². The highest BCUT2D eigenvalue weighted by Gasteiger charge is 2.16. The second-order valence-corrected chi connectivity index (χ2v) is 5.20. The summed E-state index contributed by atoms with van der Waals surface area (Å²) in [6.45, 7) is 5.19. The van der Waals surface area contributed by atoms with Crippen LogP contribution in [-0.4, -0.2) is 16.8 Å². The summed E-state index contributed by atoms with van der Waals surface area (Å²) >= 11 is 6.02. The van der Waals surface area contributed by atoms with E-state index >= 15 is 0 Å². The van der Waals surface area contributed by atoms with Gasteiger partial charge in [0, 0.05) is 23.3 Å². The molecule has 2 rings (SSSR count). The molecule has 0 amide bonds. The number of aryl methyl sites for hydroxylation is 2. The van der Waals surface area contributed by atoms with E-state index in [0.717, 1.165) is 18.0 Å². The average molecular weight is 278 g/mol. The quantitative estimate of drug-likeness (QED) is 0.906. The van der Waals surface area contributed by atoms with Gasteiger partial charge in [-0.2, -0.15) is 5.10 Å². The summed E-state index contributed by atoms with van der Waals surface area (Å²) in [5, 5.41) is 8.53. The highest BCUT2D eigenvalue weighted by molar-refractivity contribution is 6.30. The lowest BCUT2D eigenvalue weighted by Gasteiger charge is -2.17. The van der Waals surface area contributed by atoms with Gasteiger partial charge in [0.1, 0.15) is 0 Å². The van der Waals surface area contributed by atoms with Crippen LogP contribution < -0.4 is 5.32 Å². The molecule has 1 heterocycles. The molecule has 1 aromatic heterocycles. The van der Waals surface area contributed by atoms with Crippen molar-refractivity contribution in [3.05, 3.63) is 52.3 Å². The Bertz CT molecular complexity index is 548. The fourth-order valence-corrected chi connectivity index (χ4v) is 2.57. The molecule has 0 aliphatic heterocycles. The Balaban J connectivity index is 2.32. The smallest absolute Gasteiger partial charge is 0.0608 e. The first-order chi connectivity index (χ1) is 9.15. The molecule has 0 aliphatic carbocycles. The van der Waals surface area contributed by atoms with E-state index in [1.54, 1.807) is 0 Å². The van der Waals surface area contributed by atoms with Crippen molar-refractivity contribution in [3.8, 4) is 0 Å². The van der Waals surface area contributed by atoms with E-state index in [0.29, 0.717) is 0 Å². The van der Waals surface area contributed by atoms with E-state index in [1.807, 2.05) is 30.1 Å². The largest absolute Gasteiger partial charge is 0.309 e. The van der Waals surface area contributed by atoms with Gasteiger partial charge in [-0.3, -0.25) is 4.68 Å². The van der Waals surface area contributed by atoms with E-state index in [2.05, 4.69) is 36.5 Å². The van der Waals surface area contributed by atoms with Gasteiger partial charge in [0.2, 0.25) is 0 Å². The Morgan fingerprint density at radius 1 is 1.42 bits per heavy atom. The molecule has 102 valence electrons. The maximum atomic E-state index is 6.02. The first-order valence-corrected chi connectivity index (χ1v) is 6.99. The van der Waals surface area contributed by atoms with Crippen LogP contribution in [-0.2, 0) is 6.54 Å². The molecule has 1 unspecified atom stereocenters. The number of hydrogen-bond donors (Lipinski definition) is 1. The molecule has 1 N–H and O–H groups in total. The van der Waals surface area contributed by atoms with E-state index in [9.17, 15) is 0 Å². The zero-order valence-corrected chi connectivity index (χ0v) is 12.4. The summed E-state index contributed by atoms with van der Waals surface area (Å²) in [5.41, 5.74) is 3.61. The molecular formula is C15H20ClN3. The maximum absolute atomic E-state index is 6.02. The van der Waals surface area contributed by atoms with E-state index in [1.165, 1.54) is 16.7 Å². The summed E-state index contributed by atoms with van der Waals surface area (Å²) in [5.74, 6) is 0. The van der Waals surface area contributed by atoms with Gasteiger partial charge in [-0.15, -0.1) is 0 Å². The Kier molecular flexibility index (Phi) is 4.61. The summed E-state index contributed by atoms with van der Waals surface area (Å²) in [7, 11) is 1.97. The van der Waals surface area contributed by atoms with Crippen LogP contribution in [0.4, 0.5) is 0 Å². The van der Waals surface area contributed by atoms with Crippen molar-refractivity contribution in [2.45, 2.75) is 32.9 Å². The van der Waals surface area contributed by atoms with Gasteiger partial charge in [0.05, 0.1) is 12.2 Å².